The lowest BCUT2D eigenvalue weighted by Gasteiger charge is -2.22. The van der Waals surface area contributed by atoms with Gasteiger partial charge in [0.2, 0.25) is 0 Å². The van der Waals surface area contributed by atoms with Crippen LogP contribution in [0.5, 0.6) is 0 Å². The minimum atomic E-state index is 0.0368. The average molecular weight is 361 g/mol. The average Bonchev–Trinajstić information content (AvgIpc) is 3.38. The Kier molecular flexibility index (Phi) is 4.84. The van der Waals surface area contributed by atoms with Gasteiger partial charge < -0.3 is 9.32 Å². The van der Waals surface area contributed by atoms with Crippen molar-refractivity contribution in [2.45, 2.75) is 13.0 Å². The highest BCUT2D eigenvalue weighted by molar-refractivity contribution is 7.09. The number of benzene rings is 2. The highest BCUT2D eigenvalue weighted by Crippen LogP contribution is 2.21. The quantitative estimate of drug-likeness (QED) is 0.462. The van der Waals surface area contributed by atoms with Crippen LogP contribution in [-0.2, 0) is 13.0 Å². The van der Waals surface area contributed by atoms with Gasteiger partial charge >= 0.3 is 0 Å². The van der Waals surface area contributed by atoms with Gasteiger partial charge in [-0.3, -0.25) is 4.79 Å². The highest BCUT2D eigenvalue weighted by Gasteiger charge is 2.19. The molecule has 0 aliphatic carbocycles. The van der Waals surface area contributed by atoms with Gasteiger partial charge in [0.05, 0.1) is 12.8 Å². The predicted molar refractivity (Wildman–Crippen MR) is 105 cm³/mol. The van der Waals surface area contributed by atoms with E-state index in [4.69, 9.17) is 4.42 Å². The number of fused-ring (bicyclic) bond motifs is 1. The summed E-state index contributed by atoms with van der Waals surface area (Å²) in [4.78, 5) is 16.5. The molecule has 0 atom stereocenters. The van der Waals surface area contributed by atoms with Crippen LogP contribution in [0.1, 0.15) is 21.0 Å². The maximum atomic E-state index is 13.3. The fourth-order valence-corrected chi connectivity index (χ4v) is 3.82. The molecule has 3 nitrogen and oxygen atoms in total. The second-order valence-corrected chi connectivity index (χ2v) is 7.19. The normalized spacial score (nSPS) is 10.9. The van der Waals surface area contributed by atoms with Crippen molar-refractivity contribution in [3.8, 4) is 0 Å². The third kappa shape index (κ3) is 3.55. The molecule has 0 unspecified atom stereocenters. The minimum Gasteiger partial charge on any atom is -0.467 e. The van der Waals surface area contributed by atoms with E-state index >= 15 is 0 Å². The first-order chi connectivity index (χ1) is 12.8. The molecule has 0 radical (unpaired) electrons. The summed E-state index contributed by atoms with van der Waals surface area (Å²) >= 11 is 1.72. The van der Waals surface area contributed by atoms with Gasteiger partial charge in [-0.15, -0.1) is 11.3 Å². The largest absolute Gasteiger partial charge is 0.467 e. The Hall–Kier alpha value is -2.85. The van der Waals surface area contributed by atoms with Crippen LogP contribution in [0.15, 0.2) is 82.8 Å². The third-order valence-corrected chi connectivity index (χ3v) is 5.38. The van der Waals surface area contributed by atoms with Crippen molar-refractivity contribution in [1.82, 2.24) is 4.90 Å². The van der Waals surface area contributed by atoms with Gasteiger partial charge in [0.15, 0.2) is 0 Å². The molecule has 0 spiro atoms. The van der Waals surface area contributed by atoms with Gasteiger partial charge in [0.25, 0.3) is 5.91 Å². The zero-order valence-electron chi connectivity index (χ0n) is 14.3. The standard InChI is InChI=1S/C22H19NO2S/c24-22(21-11-3-7-17-6-1-2-10-20(17)21)23(16-18-8-4-14-25-18)13-12-19-9-5-15-26-19/h1-11,14-15H,12-13,16H2. The van der Waals surface area contributed by atoms with Crippen LogP contribution in [0.25, 0.3) is 10.8 Å². The van der Waals surface area contributed by atoms with Crippen LogP contribution >= 0.6 is 11.3 Å². The highest BCUT2D eigenvalue weighted by atomic mass is 32.1. The Balaban J connectivity index is 1.63. The van der Waals surface area contributed by atoms with Crippen LogP contribution in [0.3, 0.4) is 0 Å². The Morgan fingerprint density at radius 1 is 0.962 bits per heavy atom. The monoisotopic (exact) mass is 361 g/mol. The van der Waals surface area contributed by atoms with E-state index in [-0.39, 0.29) is 5.91 Å². The van der Waals surface area contributed by atoms with Crippen LogP contribution in [0.4, 0.5) is 0 Å². The van der Waals surface area contributed by atoms with Crippen molar-refractivity contribution in [2.24, 2.45) is 0 Å². The Bertz CT molecular complexity index is 985. The van der Waals surface area contributed by atoms with E-state index in [2.05, 4.69) is 11.4 Å². The molecule has 1 amide bonds. The summed E-state index contributed by atoms with van der Waals surface area (Å²) in [5.41, 5.74) is 0.737. The van der Waals surface area contributed by atoms with Gasteiger partial charge in [0, 0.05) is 17.0 Å². The fraction of sp³-hybridized carbons (Fsp3) is 0.136. The topological polar surface area (TPSA) is 33.5 Å². The van der Waals surface area contributed by atoms with Gasteiger partial charge in [-0.1, -0.05) is 42.5 Å². The van der Waals surface area contributed by atoms with E-state index in [1.165, 1.54) is 4.88 Å². The van der Waals surface area contributed by atoms with Crippen molar-refractivity contribution in [3.05, 3.63) is 94.6 Å². The predicted octanol–water partition coefficient (Wildman–Crippen LogP) is 5.38. The molecule has 0 aliphatic rings. The number of amides is 1. The molecule has 4 heteroatoms. The summed E-state index contributed by atoms with van der Waals surface area (Å²) in [6.45, 7) is 1.13. The molecule has 0 aliphatic heterocycles. The SMILES string of the molecule is O=C(c1cccc2ccccc12)N(CCc1cccs1)Cc1ccco1. The molecule has 2 heterocycles. The van der Waals surface area contributed by atoms with E-state index in [1.54, 1.807) is 17.6 Å². The summed E-state index contributed by atoms with van der Waals surface area (Å²) in [7, 11) is 0. The smallest absolute Gasteiger partial charge is 0.254 e. The number of thiophene rings is 1. The lowest BCUT2D eigenvalue weighted by molar-refractivity contribution is 0.0736. The Morgan fingerprint density at radius 3 is 2.65 bits per heavy atom. The summed E-state index contributed by atoms with van der Waals surface area (Å²) < 4.78 is 5.48. The van der Waals surface area contributed by atoms with E-state index < -0.39 is 0 Å². The van der Waals surface area contributed by atoms with Gasteiger partial charge in [0.1, 0.15) is 5.76 Å². The lowest BCUT2D eigenvalue weighted by atomic mass is 10.0. The maximum Gasteiger partial charge on any atom is 0.254 e. The van der Waals surface area contributed by atoms with Crippen molar-refractivity contribution in [1.29, 1.82) is 0 Å². The lowest BCUT2D eigenvalue weighted by Crippen LogP contribution is -2.32. The van der Waals surface area contributed by atoms with Crippen molar-refractivity contribution < 1.29 is 9.21 Å². The van der Waals surface area contributed by atoms with E-state index in [9.17, 15) is 4.79 Å². The number of carbonyl (C=O) groups excluding carboxylic acids is 1. The number of hydrogen-bond acceptors (Lipinski definition) is 3. The Labute approximate surface area is 156 Å². The number of hydrogen-bond donors (Lipinski definition) is 0. The summed E-state index contributed by atoms with van der Waals surface area (Å²) in [6, 6.07) is 21.8. The molecule has 0 N–H and O–H groups in total. The first kappa shape index (κ1) is 16.6. The van der Waals surface area contributed by atoms with Crippen LogP contribution < -0.4 is 0 Å². The summed E-state index contributed by atoms with van der Waals surface area (Å²) in [5.74, 6) is 0.833. The molecule has 0 saturated heterocycles. The van der Waals surface area contributed by atoms with Gasteiger partial charge in [-0.05, 0) is 46.8 Å². The molecule has 4 aromatic rings. The number of rotatable bonds is 6. The second kappa shape index (κ2) is 7.58. The molecule has 130 valence electrons. The summed E-state index contributed by atoms with van der Waals surface area (Å²) in [6.07, 6.45) is 2.49. The molecule has 0 fully saturated rings. The van der Waals surface area contributed by atoms with Gasteiger partial charge in [-0.25, -0.2) is 0 Å². The zero-order chi connectivity index (χ0) is 17.8. The molecule has 2 aromatic heterocycles. The van der Waals surface area contributed by atoms with E-state index in [0.29, 0.717) is 13.1 Å². The maximum absolute atomic E-state index is 13.3. The third-order valence-electron chi connectivity index (χ3n) is 4.44. The number of nitrogens with zero attached hydrogens (tertiary/aromatic N) is 1. The first-order valence-electron chi connectivity index (χ1n) is 8.63. The van der Waals surface area contributed by atoms with Crippen LogP contribution in [0, 0.1) is 0 Å². The van der Waals surface area contributed by atoms with Crippen molar-refractivity contribution in [2.75, 3.05) is 6.54 Å². The van der Waals surface area contributed by atoms with Crippen LogP contribution in [-0.4, -0.2) is 17.4 Å². The zero-order valence-corrected chi connectivity index (χ0v) is 15.1. The van der Waals surface area contributed by atoms with E-state index in [0.717, 1.165) is 28.5 Å². The molecule has 0 bridgehead atoms. The van der Waals surface area contributed by atoms with Gasteiger partial charge in [-0.2, -0.15) is 0 Å². The molecule has 0 saturated carbocycles. The second-order valence-electron chi connectivity index (χ2n) is 6.16. The fourth-order valence-electron chi connectivity index (χ4n) is 3.13. The number of furan rings is 1. The van der Waals surface area contributed by atoms with E-state index in [1.807, 2.05) is 65.6 Å². The first-order valence-corrected chi connectivity index (χ1v) is 9.51. The van der Waals surface area contributed by atoms with Crippen LogP contribution in [0.2, 0.25) is 0 Å². The van der Waals surface area contributed by atoms with Crippen molar-refractivity contribution >= 4 is 28.0 Å². The minimum absolute atomic E-state index is 0.0368. The summed E-state index contributed by atoms with van der Waals surface area (Å²) in [5, 5.41) is 4.13. The molecule has 26 heavy (non-hydrogen) atoms. The Morgan fingerprint density at radius 2 is 1.85 bits per heavy atom. The molecular weight excluding hydrogens is 342 g/mol. The molecule has 4 rings (SSSR count). The number of carbonyl (C=O) groups is 1. The molecule has 2 aromatic carbocycles. The van der Waals surface area contributed by atoms with Crippen molar-refractivity contribution in [3.63, 3.8) is 0 Å². The molecular formula is C22H19NO2S.